The number of anilines is 2. The molecule has 0 bridgehead atoms. The Balaban J connectivity index is 2.35. The van der Waals surface area contributed by atoms with Gasteiger partial charge in [-0.15, -0.1) is 11.3 Å². The van der Waals surface area contributed by atoms with Crippen molar-refractivity contribution >= 4 is 33.3 Å². The molecule has 0 amide bonds. The summed E-state index contributed by atoms with van der Waals surface area (Å²) in [5.74, 6) is 2.28. The molecular weight excluding hydrogens is 268 g/mol. The summed E-state index contributed by atoms with van der Waals surface area (Å²) < 4.78 is 0. The van der Waals surface area contributed by atoms with Crippen molar-refractivity contribution in [2.75, 3.05) is 23.7 Å². The van der Waals surface area contributed by atoms with E-state index in [9.17, 15) is 0 Å². The third-order valence-electron chi connectivity index (χ3n) is 3.00. The summed E-state index contributed by atoms with van der Waals surface area (Å²) in [4.78, 5) is 11.7. The van der Waals surface area contributed by atoms with Gasteiger partial charge in [0.05, 0.1) is 5.39 Å². The zero-order valence-electron chi connectivity index (χ0n) is 12.8. The van der Waals surface area contributed by atoms with Crippen molar-refractivity contribution in [3.8, 4) is 0 Å². The molecule has 2 rings (SSSR count). The van der Waals surface area contributed by atoms with Crippen LogP contribution in [0.3, 0.4) is 0 Å². The molecule has 0 aliphatic rings. The van der Waals surface area contributed by atoms with Gasteiger partial charge in [0.2, 0.25) is 5.95 Å². The van der Waals surface area contributed by atoms with Crippen molar-refractivity contribution < 1.29 is 0 Å². The fourth-order valence-corrected chi connectivity index (χ4v) is 2.86. The van der Waals surface area contributed by atoms with Crippen LogP contribution < -0.4 is 10.6 Å². The van der Waals surface area contributed by atoms with Gasteiger partial charge < -0.3 is 10.6 Å². The molecule has 0 fully saturated rings. The van der Waals surface area contributed by atoms with Crippen molar-refractivity contribution in [2.45, 2.75) is 40.5 Å². The summed E-state index contributed by atoms with van der Waals surface area (Å²) >= 11 is 1.76. The zero-order chi connectivity index (χ0) is 14.5. The molecule has 2 aromatic rings. The van der Waals surface area contributed by atoms with Crippen LogP contribution in [0.2, 0.25) is 0 Å². The third-order valence-corrected chi connectivity index (χ3v) is 4.18. The van der Waals surface area contributed by atoms with E-state index >= 15 is 0 Å². The van der Waals surface area contributed by atoms with Crippen LogP contribution >= 0.6 is 11.3 Å². The number of thiophene rings is 1. The Labute approximate surface area is 125 Å². The van der Waals surface area contributed by atoms with Gasteiger partial charge in [0.25, 0.3) is 0 Å². The molecule has 20 heavy (non-hydrogen) atoms. The summed E-state index contributed by atoms with van der Waals surface area (Å²) in [5, 5.41) is 7.89. The molecular formula is C15H24N4S. The van der Waals surface area contributed by atoms with Crippen LogP contribution in [-0.4, -0.2) is 23.1 Å². The standard InChI is InChI=1S/C15H24N4S/c1-5-7-16-15-18-13(17-9-10(3)4)12-8-11(6-2)20-14(12)19-15/h8,10H,5-7,9H2,1-4H3,(H2,16,17,18,19). The van der Waals surface area contributed by atoms with Crippen molar-refractivity contribution in [1.82, 2.24) is 9.97 Å². The van der Waals surface area contributed by atoms with Crippen molar-refractivity contribution in [1.29, 1.82) is 0 Å². The molecule has 5 heteroatoms. The van der Waals surface area contributed by atoms with Gasteiger partial charge in [-0.25, -0.2) is 4.98 Å². The van der Waals surface area contributed by atoms with Gasteiger partial charge in [-0.1, -0.05) is 27.7 Å². The normalized spacial score (nSPS) is 11.2. The Morgan fingerprint density at radius 2 is 2.00 bits per heavy atom. The summed E-state index contributed by atoms with van der Waals surface area (Å²) in [6, 6.07) is 2.21. The molecule has 0 aliphatic heterocycles. The van der Waals surface area contributed by atoms with Crippen molar-refractivity contribution in [2.24, 2.45) is 5.92 Å². The number of nitrogens with one attached hydrogen (secondary N) is 2. The zero-order valence-corrected chi connectivity index (χ0v) is 13.6. The average molecular weight is 292 g/mol. The minimum atomic E-state index is 0.594. The predicted molar refractivity (Wildman–Crippen MR) is 88.9 cm³/mol. The van der Waals surface area contributed by atoms with E-state index in [0.717, 1.165) is 47.9 Å². The van der Waals surface area contributed by atoms with Crippen molar-refractivity contribution in [3.05, 3.63) is 10.9 Å². The monoisotopic (exact) mass is 292 g/mol. The number of nitrogens with zero attached hydrogens (tertiary/aromatic N) is 2. The van der Waals surface area contributed by atoms with E-state index in [1.165, 1.54) is 4.88 Å². The van der Waals surface area contributed by atoms with E-state index in [1.54, 1.807) is 11.3 Å². The molecule has 0 aromatic carbocycles. The highest BCUT2D eigenvalue weighted by Crippen LogP contribution is 2.30. The molecule has 0 radical (unpaired) electrons. The van der Waals surface area contributed by atoms with Gasteiger partial charge >= 0.3 is 0 Å². The number of rotatable bonds is 7. The molecule has 2 aromatic heterocycles. The number of fused-ring (bicyclic) bond motifs is 1. The van der Waals surface area contributed by atoms with Crippen LogP contribution in [0.15, 0.2) is 6.07 Å². The highest BCUT2D eigenvalue weighted by atomic mass is 32.1. The van der Waals surface area contributed by atoms with E-state index in [2.05, 4.69) is 54.4 Å². The lowest BCUT2D eigenvalue weighted by atomic mass is 10.2. The smallest absolute Gasteiger partial charge is 0.226 e. The van der Waals surface area contributed by atoms with Crippen molar-refractivity contribution in [3.63, 3.8) is 0 Å². The van der Waals surface area contributed by atoms with E-state index in [1.807, 2.05) is 0 Å². The highest BCUT2D eigenvalue weighted by molar-refractivity contribution is 7.18. The van der Waals surface area contributed by atoms with Gasteiger partial charge in [-0.3, -0.25) is 0 Å². The highest BCUT2D eigenvalue weighted by Gasteiger charge is 2.11. The van der Waals surface area contributed by atoms with Crippen LogP contribution in [0.5, 0.6) is 0 Å². The molecule has 0 saturated heterocycles. The molecule has 4 nitrogen and oxygen atoms in total. The number of hydrogen-bond donors (Lipinski definition) is 2. The SMILES string of the molecule is CCCNc1nc(NCC(C)C)c2cc(CC)sc2n1. The summed E-state index contributed by atoms with van der Waals surface area (Å²) in [7, 11) is 0. The average Bonchev–Trinajstić information content (AvgIpc) is 2.85. The maximum Gasteiger partial charge on any atom is 0.226 e. The first-order valence-corrected chi connectivity index (χ1v) is 8.23. The lowest BCUT2D eigenvalue weighted by Crippen LogP contribution is -2.11. The van der Waals surface area contributed by atoms with Gasteiger partial charge in [0, 0.05) is 18.0 Å². The summed E-state index contributed by atoms with van der Waals surface area (Å²) in [6.45, 7) is 10.6. The molecule has 2 heterocycles. The van der Waals surface area contributed by atoms with E-state index in [4.69, 9.17) is 0 Å². The predicted octanol–water partition coefficient (Wildman–Crippen LogP) is 4.14. The summed E-state index contributed by atoms with van der Waals surface area (Å²) in [6.07, 6.45) is 2.11. The fraction of sp³-hybridized carbons (Fsp3) is 0.600. The minimum Gasteiger partial charge on any atom is -0.369 e. The van der Waals surface area contributed by atoms with E-state index in [0.29, 0.717) is 5.92 Å². The Morgan fingerprint density at radius 1 is 1.20 bits per heavy atom. The van der Waals surface area contributed by atoms with Crippen LogP contribution in [-0.2, 0) is 6.42 Å². The van der Waals surface area contributed by atoms with E-state index < -0.39 is 0 Å². The maximum atomic E-state index is 4.63. The van der Waals surface area contributed by atoms with Gasteiger partial charge in [-0.2, -0.15) is 4.98 Å². The first-order chi connectivity index (χ1) is 9.63. The second-order valence-corrected chi connectivity index (χ2v) is 6.50. The first-order valence-electron chi connectivity index (χ1n) is 7.42. The fourth-order valence-electron chi connectivity index (χ4n) is 1.90. The Morgan fingerprint density at radius 3 is 2.65 bits per heavy atom. The quantitative estimate of drug-likeness (QED) is 0.805. The molecule has 0 unspecified atom stereocenters. The Hall–Kier alpha value is -1.36. The largest absolute Gasteiger partial charge is 0.369 e. The molecule has 0 saturated carbocycles. The van der Waals surface area contributed by atoms with Crippen LogP contribution in [0.4, 0.5) is 11.8 Å². The molecule has 2 N–H and O–H groups in total. The first kappa shape index (κ1) is 15.0. The van der Waals surface area contributed by atoms with Crippen LogP contribution in [0.1, 0.15) is 39.0 Å². The lowest BCUT2D eigenvalue weighted by molar-refractivity contribution is 0.687. The molecule has 0 spiro atoms. The number of aromatic nitrogens is 2. The number of aryl methyl sites for hydroxylation is 1. The van der Waals surface area contributed by atoms with Crippen LogP contribution in [0.25, 0.3) is 10.2 Å². The summed E-state index contributed by atoms with van der Waals surface area (Å²) in [5.41, 5.74) is 0. The lowest BCUT2D eigenvalue weighted by Gasteiger charge is -2.11. The van der Waals surface area contributed by atoms with Gasteiger partial charge in [0.15, 0.2) is 0 Å². The second-order valence-electron chi connectivity index (χ2n) is 5.38. The van der Waals surface area contributed by atoms with Gasteiger partial charge in [-0.05, 0) is 24.8 Å². The molecule has 0 atom stereocenters. The van der Waals surface area contributed by atoms with E-state index in [-0.39, 0.29) is 0 Å². The maximum absolute atomic E-state index is 4.63. The minimum absolute atomic E-state index is 0.594. The molecule has 110 valence electrons. The third kappa shape index (κ3) is 3.60. The molecule has 0 aliphatic carbocycles. The second kappa shape index (κ2) is 6.88. The van der Waals surface area contributed by atoms with Gasteiger partial charge in [0.1, 0.15) is 10.6 Å². The topological polar surface area (TPSA) is 49.8 Å². The Bertz CT molecular complexity index is 562. The number of hydrogen-bond acceptors (Lipinski definition) is 5. The van der Waals surface area contributed by atoms with Crippen LogP contribution in [0, 0.1) is 5.92 Å². The Kier molecular flexibility index (Phi) is 5.17.